The molecule has 0 amide bonds. The maximum absolute atomic E-state index is 5.31. The number of hydrogen-bond acceptors (Lipinski definition) is 2. The van der Waals surface area contributed by atoms with Gasteiger partial charge in [-0.25, -0.2) is 0 Å². The van der Waals surface area contributed by atoms with Crippen molar-refractivity contribution in [1.29, 1.82) is 0 Å². The summed E-state index contributed by atoms with van der Waals surface area (Å²) in [5, 5.41) is 3.64. The molecule has 2 nitrogen and oxygen atoms in total. The third kappa shape index (κ3) is 4.61. The van der Waals surface area contributed by atoms with Gasteiger partial charge >= 0.3 is 0 Å². The van der Waals surface area contributed by atoms with Crippen LogP contribution in [0.4, 0.5) is 0 Å². The second-order valence-electron chi connectivity index (χ2n) is 5.87. The van der Waals surface area contributed by atoms with Crippen LogP contribution in [0.5, 0.6) is 5.75 Å². The van der Waals surface area contributed by atoms with E-state index < -0.39 is 0 Å². The third-order valence-electron chi connectivity index (χ3n) is 3.84. The summed E-state index contributed by atoms with van der Waals surface area (Å²) >= 11 is 0. The van der Waals surface area contributed by atoms with E-state index in [1.807, 2.05) is 12.1 Å². The van der Waals surface area contributed by atoms with Crippen molar-refractivity contribution in [3.05, 3.63) is 65.7 Å². The Morgan fingerprint density at radius 2 is 1.76 bits per heavy atom. The molecule has 0 radical (unpaired) electrons. The number of nitrogens with one attached hydrogen (secondary N) is 1. The average molecular weight is 283 g/mol. The molecule has 21 heavy (non-hydrogen) atoms. The molecule has 0 unspecified atom stereocenters. The number of aryl methyl sites for hydroxylation is 1. The Hall–Kier alpha value is -1.80. The lowest BCUT2D eigenvalue weighted by Crippen LogP contribution is -2.37. The molecule has 0 heterocycles. The Balaban J connectivity index is 1.86. The van der Waals surface area contributed by atoms with Crippen molar-refractivity contribution in [3.63, 3.8) is 0 Å². The van der Waals surface area contributed by atoms with Crippen molar-refractivity contribution in [2.75, 3.05) is 13.7 Å². The molecule has 0 saturated heterocycles. The molecule has 1 N–H and O–H groups in total. The average Bonchev–Trinajstić information content (AvgIpc) is 2.53. The lowest BCUT2D eigenvalue weighted by atomic mass is 9.94. The molecular formula is C19H25NO. The predicted molar refractivity (Wildman–Crippen MR) is 88.8 cm³/mol. The van der Waals surface area contributed by atoms with Crippen molar-refractivity contribution in [1.82, 2.24) is 5.32 Å². The molecule has 0 aliphatic rings. The molecule has 0 aromatic heterocycles. The monoisotopic (exact) mass is 283 g/mol. The van der Waals surface area contributed by atoms with Gasteiger partial charge < -0.3 is 10.1 Å². The van der Waals surface area contributed by atoms with Crippen LogP contribution in [0.1, 0.15) is 31.4 Å². The smallest absolute Gasteiger partial charge is 0.119 e. The zero-order valence-electron chi connectivity index (χ0n) is 13.2. The Morgan fingerprint density at radius 3 is 2.48 bits per heavy atom. The molecule has 0 atom stereocenters. The van der Waals surface area contributed by atoms with Crippen molar-refractivity contribution in [2.24, 2.45) is 0 Å². The molecule has 2 rings (SSSR count). The van der Waals surface area contributed by atoms with E-state index in [2.05, 4.69) is 61.6 Å². The molecule has 112 valence electrons. The minimum Gasteiger partial charge on any atom is -0.497 e. The topological polar surface area (TPSA) is 21.3 Å². The van der Waals surface area contributed by atoms with E-state index in [0.717, 1.165) is 25.1 Å². The van der Waals surface area contributed by atoms with E-state index in [1.54, 1.807) is 7.11 Å². The standard InChI is InChI=1S/C19H25NO/c1-19(2,17-12-7-13-18(15-17)21-3)20-14-8-11-16-9-5-4-6-10-16/h4-7,9-10,12-13,15,20H,8,11,14H2,1-3H3. The van der Waals surface area contributed by atoms with Gasteiger partial charge in [-0.15, -0.1) is 0 Å². The molecule has 2 aromatic carbocycles. The Bertz CT molecular complexity index is 549. The van der Waals surface area contributed by atoms with Crippen LogP contribution in [0.15, 0.2) is 54.6 Å². The number of methoxy groups -OCH3 is 1. The number of hydrogen-bond donors (Lipinski definition) is 1. The van der Waals surface area contributed by atoms with Gasteiger partial charge in [-0.3, -0.25) is 0 Å². The van der Waals surface area contributed by atoms with Crippen molar-refractivity contribution < 1.29 is 4.74 Å². The van der Waals surface area contributed by atoms with E-state index in [9.17, 15) is 0 Å². The maximum Gasteiger partial charge on any atom is 0.119 e. The number of benzene rings is 2. The third-order valence-corrected chi connectivity index (χ3v) is 3.84. The van der Waals surface area contributed by atoms with Gasteiger partial charge in [0, 0.05) is 5.54 Å². The summed E-state index contributed by atoms with van der Waals surface area (Å²) in [6, 6.07) is 18.9. The Kier molecular flexibility index (Phi) is 5.40. The first-order valence-electron chi connectivity index (χ1n) is 7.55. The number of ether oxygens (including phenoxy) is 1. The van der Waals surface area contributed by atoms with Crippen LogP contribution in [0, 0.1) is 0 Å². The molecule has 0 spiro atoms. The fourth-order valence-corrected chi connectivity index (χ4v) is 2.45. The van der Waals surface area contributed by atoms with Crippen LogP contribution in [-0.2, 0) is 12.0 Å². The highest BCUT2D eigenvalue weighted by molar-refractivity contribution is 5.32. The molecule has 0 aliphatic carbocycles. The van der Waals surface area contributed by atoms with E-state index >= 15 is 0 Å². The lowest BCUT2D eigenvalue weighted by molar-refractivity contribution is 0.389. The first-order chi connectivity index (χ1) is 10.1. The van der Waals surface area contributed by atoms with Crippen LogP contribution < -0.4 is 10.1 Å². The zero-order valence-corrected chi connectivity index (χ0v) is 13.2. The van der Waals surface area contributed by atoms with Gasteiger partial charge in [0.05, 0.1) is 7.11 Å². The van der Waals surface area contributed by atoms with E-state index in [0.29, 0.717) is 0 Å². The van der Waals surface area contributed by atoms with Gasteiger partial charge in [0.2, 0.25) is 0 Å². The summed E-state index contributed by atoms with van der Waals surface area (Å²) in [6.45, 7) is 5.42. The molecule has 0 bridgehead atoms. The minimum atomic E-state index is -0.0504. The van der Waals surface area contributed by atoms with Crippen molar-refractivity contribution in [2.45, 2.75) is 32.2 Å². The summed E-state index contributed by atoms with van der Waals surface area (Å²) in [5.74, 6) is 0.909. The quantitative estimate of drug-likeness (QED) is 0.771. The Morgan fingerprint density at radius 1 is 1.00 bits per heavy atom. The van der Waals surface area contributed by atoms with Gasteiger partial charge in [-0.2, -0.15) is 0 Å². The van der Waals surface area contributed by atoms with Crippen LogP contribution >= 0.6 is 0 Å². The minimum absolute atomic E-state index is 0.0504. The Labute approximate surface area is 128 Å². The van der Waals surface area contributed by atoms with Crippen molar-refractivity contribution >= 4 is 0 Å². The fraction of sp³-hybridized carbons (Fsp3) is 0.368. The van der Waals surface area contributed by atoms with Crippen LogP contribution in [0.2, 0.25) is 0 Å². The molecule has 2 heteroatoms. The summed E-state index contributed by atoms with van der Waals surface area (Å²) in [4.78, 5) is 0. The second-order valence-corrected chi connectivity index (χ2v) is 5.87. The maximum atomic E-state index is 5.31. The van der Waals surface area contributed by atoms with E-state index in [4.69, 9.17) is 4.74 Å². The molecule has 0 aliphatic heterocycles. The highest BCUT2D eigenvalue weighted by Crippen LogP contribution is 2.23. The van der Waals surface area contributed by atoms with Crippen LogP contribution in [-0.4, -0.2) is 13.7 Å². The van der Waals surface area contributed by atoms with E-state index in [-0.39, 0.29) is 5.54 Å². The van der Waals surface area contributed by atoms with Gasteiger partial charge in [-0.05, 0) is 56.5 Å². The zero-order chi connectivity index (χ0) is 15.1. The molecule has 0 fully saturated rings. The predicted octanol–water partition coefficient (Wildman–Crippen LogP) is 4.15. The molecule has 2 aromatic rings. The first-order valence-corrected chi connectivity index (χ1v) is 7.55. The lowest BCUT2D eigenvalue weighted by Gasteiger charge is -2.27. The fourth-order valence-electron chi connectivity index (χ4n) is 2.45. The molecular weight excluding hydrogens is 258 g/mol. The molecule has 0 saturated carbocycles. The summed E-state index contributed by atoms with van der Waals surface area (Å²) in [6.07, 6.45) is 2.25. The second kappa shape index (κ2) is 7.28. The largest absolute Gasteiger partial charge is 0.497 e. The van der Waals surface area contributed by atoms with Crippen LogP contribution in [0.25, 0.3) is 0 Å². The van der Waals surface area contributed by atoms with Gasteiger partial charge in [0.1, 0.15) is 5.75 Å². The van der Waals surface area contributed by atoms with Gasteiger partial charge in [0.15, 0.2) is 0 Å². The number of rotatable bonds is 7. The van der Waals surface area contributed by atoms with Gasteiger partial charge in [-0.1, -0.05) is 42.5 Å². The normalized spacial score (nSPS) is 11.4. The summed E-state index contributed by atoms with van der Waals surface area (Å²) in [5.41, 5.74) is 2.60. The highest BCUT2D eigenvalue weighted by atomic mass is 16.5. The van der Waals surface area contributed by atoms with Crippen LogP contribution in [0.3, 0.4) is 0 Å². The first kappa shape index (κ1) is 15.6. The summed E-state index contributed by atoms with van der Waals surface area (Å²) < 4.78 is 5.31. The highest BCUT2D eigenvalue weighted by Gasteiger charge is 2.19. The summed E-state index contributed by atoms with van der Waals surface area (Å²) in [7, 11) is 1.71. The van der Waals surface area contributed by atoms with E-state index in [1.165, 1.54) is 11.1 Å². The van der Waals surface area contributed by atoms with Gasteiger partial charge in [0.25, 0.3) is 0 Å². The van der Waals surface area contributed by atoms with Crippen molar-refractivity contribution in [3.8, 4) is 5.75 Å². The SMILES string of the molecule is COc1cccc(C(C)(C)NCCCc2ccccc2)c1.